The fourth-order valence-electron chi connectivity index (χ4n) is 4.58. The maximum Gasteiger partial charge on any atom is 0.266 e. The Kier molecular flexibility index (Phi) is 7.62. The van der Waals surface area contributed by atoms with E-state index in [-0.39, 0.29) is 12.5 Å². The molecule has 0 aromatic heterocycles. The number of nitrogens with one attached hydrogen (secondary N) is 1. The summed E-state index contributed by atoms with van der Waals surface area (Å²) in [6.07, 6.45) is 5.03. The number of hydrogen-bond donors (Lipinski definition) is 1. The minimum absolute atomic E-state index is 0.182. The molecule has 2 saturated heterocycles. The van der Waals surface area contributed by atoms with Crippen LogP contribution in [0.3, 0.4) is 0 Å². The van der Waals surface area contributed by atoms with Gasteiger partial charge in [0.2, 0.25) is 5.91 Å². The minimum Gasteiger partial charge on any atom is -0.364 e. The third-order valence-electron chi connectivity index (χ3n) is 6.33. The van der Waals surface area contributed by atoms with E-state index in [1.807, 2.05) is 0 Å². The smallest absolute Gasteiger partial charge is 0.266 e. The van der Waals surface area contributed by atoms with E-state index in [1.165, 1.54) is 4.90 Å². The number of carbonyl (C=O) groups is 1. The number of rotatable bonds is 6. The largest absolute Gasteiger partial charge is 0.364 e. The Morgan fingerprint density at radius 3 is 2.75 bits per heavy atom. The van der Waals surface area contributed by atoms with E-state index in [2.05, 4.69) is 35.0 Å². The summed E-state index contributed by atoms with van der Waals surface area (Å²) in [4.78, 5) is 20.6. The van der Waals surface area contributed by atoms with E-state index in [4.69, 9.17) is 0 Å². The first-order valence-corrected chi connectivity index (χ1v) is 11.0. The minimum atomic E-state index is -3.00. The van der Waals surface area contributed by atoms with Crippen molar-refractivity contribution in [2.75, 3.05) is 44.7 Å². The normalized spacial score (nSPS) is 22.0. The number of benzene rings is 1. The van der Waals surface area contributed by atoms with Gasteiger partial charge in [-0.3, -0.25) is 9.79 Å². The van der Waals surface area contributed by atoms with Gasteiger partial charge in [-0.2, -0.15) is 5.26 Å². The quantitative estimate of drug-likeness (QED) is 0.678. The number of aliphatic imine (C=N–C) groups is 1. The van der Waals surface area contributed by atoms with Crippen LogP contribution in [0, 0.1) is 23.2 Å². The van der Waals surface area contributed by atoms with Gasteiger partial charge in [-0.25, -0.2) is 8.78 Å². The van der Waals surface area contributed by atoms with Crippen LogP contribution in [0.4, 0.5) is 20.2 Å². The van der Waals surface area contributed by atoms with Crippen LogP contribution < -0.4 is 10.2 Å². The van der Waals surface area contributed by atoms with Gasteiger partial charge in [-0.15, -0.1) is 0 Å². The molecule has 1 amide bonds. The van der Waals surface area contributed by atoms with Crippen molar-refractivity contribution in [2.24, 2.45) is 16.8 Å². The number of carbonyl (C=O) groups excluding carboxylic acids is 1. The molecule has 0 aliphatic carbocycles. The van der Waals surface area contributed by atoms with Crippen LogP contribution in [0.2, 0.25) is 0 Å². The molecule has 3 rings (SSSR count). The number of nitrogens with zero attached hydrogens (tertiary/aromatic N) is 4. The van der Waals surface area contributed by atoms with Gasteiger partial charge in [-0.05, 0) is 64.7 Å². The number of likely N-dealkylation sites (tertiary alicyclic amines) is 1. The number of anilines is 1. The molecular formula is C24H31F2N5O. The number of piperidine rings is 2. The van der Waals surface area contributed by atoms with E-state index in [9.17, 15) is 18.8 Å². The SMILES string of the molecule is C=Nc1c(C#N)ccc(N2CC(C(=O)NCC3CCN(C)CC3)CC(F)(F)C2)c1/C=C\C. The van der Waals surface area contributed by atoms with E-state index in [0.29, 0.717) is 35.0 Å². The van der Waals surface area contributed by atoms with Crippen LogP contribution in [0.5, 0.6) is 0 Å². The Morgan fingerprint density at radius 2 is 2.12 bits per heavy atom. The molecule has 2 aliphatic heterocycles. The molecular weight excluding hydrogens is 412 g/mol. The van der Waals surface area contributed by atoms with Gasteiger partial charge in [0, 0.05) is 30.8 Å². The molecule has 2 fully saturated rings. The molecule has 8 heteroatoms. The summed E-state index contributed by atoms with van der Waals surface area (Å²) in [6, 6.07) is 5.28. The maximum atomic E-state index is 14.7. The molecule has 2 heterocycles. The van der Waals surface area contributed by atoms with E-state index >= 15 is 0 Å². The first-order chi connectivity index (χ1) is 15.3. The number of alkyl halides is 2. The van der Waals surface area contributed by atoms with Crippen molar-refractivity contribution in [3.8, 4) is 6.07 Å². The van der Waals surface area contributed by atoms with E-state index in [0.717, 1.165) is 25.9 Å². The molecule has 1 unspecified atom stereocenters. The van der Waals surface area contributed by atoms with Crippen molar-refractivity contribution >= 4 is 30.1 Å². The summed E-state index contributed by atoms with van der Waals surface area (Å²) in [5, 5.41) is 12.3. The van der Waals surface area contributed by atoms with Crippen LogP contribution in [0.25, 0.3) is 6.08 Å². The van der Waals surface area contributed by atoms with Crippen LogP contribution >= 0.6 is 0 Å². The molecule has 0 spiro atoms. The lowest BCUT2D eigenvalue weighted by atomic mass is 9.92. The lowest BCUT2D eigenvalue weighted by Gasteiger charge is -2.39. The number of halogens is 2. The average molecular weight is 444 g/mol. The second-order valence-electron chi connectivity index (χ2n) is 8.79. The van der Waals surface area contributed by atoms with Crippen LogP contribution in [-0.2, 0) is 4.79 Å². The van der Waals surface area contributed by atoms with Gasteiger partial charge in [0.25, 0.3) is 5.92 Å². The lowest BCUT2D eigenvalue weighted by molar-refractivity contribution is -0.130. The molecule has 0 saturated carbocycles. The first kappa shape index (κ1) is 23.9. The number of amides is 1. The highest BCUT2D eigenvalue weighted by Gasteiger charge is 2.43. The zero-order chi connectivity index (χ0) is 23.3. The van der Waals surface area contributed by atoms with Gasteiger partial charge in [-0.1, -0.05) is 12.2 Å². The number of nitriles is 1. The molecule has 1 aromatic carbocycles. The molecule has 32 heavy (non-hydrogen) atoms. The first-order valence-electron chi connectivity index (χ1n) is 11.0. The van der Waals surface area contributed by atoms with Gasteiger partial charge < -0.3 is 15.1 Å². The second-order valence-corrected chi connectivity index (χ2v) is 8.79. The van der Waals surface area contributed by atoms with Gasteiger partial charge in [0.1, 0.15) is 6.07 Å². The molecule has 6 nitrogen and oxygen atoms in total. The monoisotopic (exact) mass is 443 g/mol. The van der Waals surface area contributed by atoms with Crippen molar-refractivity contribution in [3.63, 3.8) is 0 Å². The molecule has 1 aromatic rings. The summed E-state index contributed by atoms with van der Waals surface area (Å²) in [6.45, 7) is 7.55. The third kappa shape index (κ3) is 5.52. The number of hydrogen-bond acceptors (Lipinski definition) is 5. The van der Waals surface area contributed by atoms with Crippen molar-refractivity contribution < 1.29 is 13.6 Å². The summed E-state index contributed by atoms with van der Waals surface area (Å²) < 4.78 is 29.4. The highest BCUT2D eigenvalue weighted by molar-refractivity contribution is 5.83. The molecule has 2 aliphatic rings. The van der Waals surface area contributed by atoms with Gasteiger partial charge in [0.05, 0.1) is 23.7 Å². The topological polar surface area (TPSA) is 71.7 Å². The van der Waals surface area contributed by atoms with Gasteiger partial charge in [0.15, 0.2) is 0 Å². The average Bonchev–Trinajstić information content (AvgIpc) is 2.77. The maximum absolute atomic E-state index is 14.7. The highest BCUT2D eigenvalue weighted by Crippen LogP contribution is 2.39. The number of allylic oxidation sites excluding steroid dienone is 1. The van der Waals surface area contributed by atoms with Crippen molar-refractivity contribution in [1.29, 1.82) is 5.26 Å². The summed E-state index contributed by atoms with van der Waals surface area (Å²) >= 11 is 0. The summed E-state index contributed by atoms with van der Waals surface area (Å²) in [7, 11) is 2.08. The van der Waals surface area contributed by atoms with Crippen LogP contribution in [-0.4, -0.2) is 63.2 Å². The third-order valence-corrected chi connectivity index (χ3v) is 6.33. The van der Waals surface area contributed by atoms with E-state index < -0.39 is 24.8 Å². The standard InChI is InChI=1S/C24H31F2N5O/c1-4-5-20-21(7-6-18(13-27)22(20)28-2)31-15-19(12-24(25,26)16-31)23(32)29-14-17-8-10-30(3)11-9-17/h4-7,17,19H,2,8-12,14-16H2,1,3H3,(H,29,32)/b5-4-. The molecule has 0 bridgehead atoms. The Hall–Kier alpha value is -2.79. The fraction of sp³-hybridized carbons (Fsp3) is 0.542. The summed E-state index contributed by atoms with van der Waals surface area (Å²) in [5.41, 5.74) is 1.77. The van der Waals surface area contributed by atoms with Crippen molar-refractivity contribution in [2.45, 2.75) is 32.1 Å². The predicted octanol–water partition coefficient (Wildman–Crippen LogP) is 3.84. The Labute approximate surface area is 188 Å². The van der Waals surface area contributed by atoms with Gasteiger partial charge >= 0.3 is 0 Å². The lowest BCUT2D eigenvalue weighted by Crippen LogP contribution is -2.52. The zero-order valence-corrected chi connectivity index (χ0v) is 18.8. The molecule has 172 valence electrons. The fourth-order valence-corrected chi connectivity index (χ4v) is 4.58. The molecule has 0 radical (unpaired) electrons. The Balaban J connectivity index is 1.79. The highest BCUT2D eigenvalue weighted by atomic mass is 19.3. The second kappa shape index (κ2) is 10.2. The Bertz CT molecular complexity index is 916. The molecule has 1 N–H and O–H groups in total. The van der Waals surface area contributed by atoms with Crippen molar-refractivity contribution in [3.05, 3.63) is 29.3 Å². The molecule has 1 atom stereocenters. The van der Waals surface area contributed by atoms with Crippen molar-refractivity contribution in [1.82, 2.24) is 10.2 Å². The summed E-state index contributed by atoms with van der Waals surface area (Å²) in [5.74, 6) is -3.76. The Morgan fingerprint density at radius 1 is 1.41 bits per heavy atom. The van der Waals surface area contributed by atoms with E-state index in [1.54, 1.807) is 31.2 Å². The van der Waals surface area contributed by atoms with Crippen LogP contribution in [0.15, 0.2) is 23.2 Å². The predicted molar refractivity (Wildman–Crippen MR) is 124 cm³/mol. The zero-order valence-electron chi connectivity index (χ0n) is 18.8. The van der Waals surface area contributed by atoms with Crippen LogP contribution in [0.1, 0.15) is 37.3 Å².